The Balaban J connectivity index is 1.54. The molecule has 4 rings (SSSR count). The third-order valence-corrected chi connectivity index (χ3v) is 4.37. The number of aromatic nitrogens is 7. The summed E-state index contributed by atoms with van der Waals surface area (Å²) in [6, 6.07) is 5.84. The second kappa shape index (κ2) is 7.53. The second-order valence-corrected chi connectivity index (χ2v) is 6.56. The first-order chi connectivity index (χ1) is 13.2. The molecule has 2 N–H and O–H groups in total. The number of H-pyrrole nitrogens is 1. The molecule has 4 aromatic rings. The lowest BCUT2D eigenvalue weighted by atomic mass is 10.1. The number of anilines is 2. The maximum atomic E-state index is 4.66. The smallest absolute Gasteiger partial charge is 0.227 e. The minimum absolute atomic E-state index is 0.602. The topological polar surface area (TPSA) is 97.2 Å². The van der Waals surface area contributed by atoms with Gasteiger partial charge in [-0.3, -0.25) is 9.67 Å². The molecule has 0 aliphatic heterocycles. The van der Waals surface area contributed by atoms with Gasteiger partial charge in [0.2, 0.25) is 5.95 Å². The van der Waals surface area contributed by atoms with E-state index < -0.39 is 0 Å². The van der Waals surface area contributed by atoms with E-state index in [0.717, 1.165) is 40.8 Å². The van der Waals surface area contributed by atoms with Gasteiger partial charge in [0.25, 0.3) is 0 Å². The van der Waals surface area contributed by atoms with Crippen molar-refractivity contribution in [1.82, 2.24) is 34.9 Å². The Morgan fingerprint density at radius 2 is 2.00 bits per heavy atom. The molecule has 0 unspecified atom stereocenters. The Morgan fingerprint density at radius 3 is 2.81 bits per heavy atom. The van der Waals surface area contributed by atoms with Crippen molar-refractivity contribution in [3.63, 3.8) is 0 Å². The van der Waals surface area contributed by atoms with Gasteiger partial charge in [0, 0.05) is 37.0 Å². The molecule has 8 heteroatoms. The minimum atomic E-state index is 0.602. The van der Waals surface area contributed by atoms with Gasteiger partial charge >= 0.3 is 0 Å². The lowest BCUT2D eigenvalue weighted by Crippen LogP contribution is -1.96. The molecule has 0 aromatic carbocycles. The van der Waals surface area contributed by atoms with E-state index in [0.29, 0.717) is 11.8 Å². The van der Waals surface area contributed by atoms with Crippen LogP contribution in [0.15, 0.2) is 36.8 Å². The maximum absolute atomic E-state index is 4.66. The predicted molar refractivity (Wildman–Crippen MR) is 105 cm³/mol. The lowest BCUT2D eigenvalue weighted by Gasteiger charge is -2.04. The second-order valence-electron chi connectivity index (χ2n) is 6.56. The molecule has 0 saturated heterocycles. The Labute approximate surface area is 157 Å². The summed E-state index contributed by atoms with van der Waals surface area (Å²) < 4.78 is 1.77. The van der Waals surface area contributed by atoms with Crippen LogP contribution >= 0.6 is 0 Å². The number of pyridine rings is 2. The average molecular weight is 362 g/mol. The van der Waals surface area contributed by atoms with E-state index in [1.807, 2.05) is 43.8 Å². The zero-order chi connectivity index (χ0) is 18.6. The first-order valence-corrected chi connectivity index (χ1v) is 9.15. The molecular weight excluding hydrogens is 340 g/mol. The van der Waals surface area contributed by atoms with Crippen LogP contribution in [0, 0.1) is 0 Å². The molecule has 0 bridgehead atoms. The van der Waals surface area contributed by atoms with Gasteiger partial charge in [0.05, 0.1) is 17.2 Å². The number of aryl methyl sites for hydroxylation is 2. The lowest BCUT2D eigenvalue weighted by molar-refractivity contribution is 0.695. The number of fused-ring (bicyclic) bond motifs is 1. The summed E-state index contributed by atoms with van der Waals surface area (Å²) in [6.45, 7) is 2.19. The predicted octanol–water partition coefficient (Wildman–Crippen LogP) is 3.62. The standard InChI is InChI=1S/C19H22N8/c1-3-4-5-6-18-24-19(26-25-18)23-17-8-7-15-16(22-17)9-13(10-20-15)14-11-21-27(2)12-14/h7-12H,3-6H2,1-2H3,(H2,22,23,24,25,26). The number of hydrogen-bond donors (Lipinski definition) is 2. The quantitative estimate of drug-likeness (QED) is 0.487. The van der Waals surface area contributed by atoms with Crippen LogP contribution in [0.3, 0.4) is 0 Å². The van der Waals surface area contributed by atoms with Crippen LogP contribution < -0.4 is 5.32 Å². The summed E-state index contributed by atoms with van der Waals surface area (Å²) in [6.07, 6.45) is 10.0. The number of unbranched alkanes of at least 4 members (excludes halogenated alkanes) is 2. The molecule has 0 aliphatic rings. The normalized spacial score (nSPS) is 11.2. The van der Waals surface area contributed by atoms with Crippen LogP contribution in [0.4, 0.5) is 11.8 Å². The van der Waals surface area contributed by atoms with E-state index >= 15 is 0 Å². The van der Waals surface area contributed by atoms with Gasteiger partial charge in [-0.05, 0) is 24.6 Å². The van der Waals surface area contributed by atoms with Crippen molar-refractivity contribution in [3.05, 3.63) is 42.6 Å². The Bertz CT molecular complexity index is 1050. The highest BCUT2D eigenvalue weighted by Gasteiger charge is 2.07. The molecule has 0 amide bonds. The average Bonchev–Trinajstić information content (AvgIpc) is 3.30. The Hall–Kier alpha value is -3.29. The van der Waals surface area contributed by atoms with Crippen molar-refractivity contribution in [2.24, 2.45) is 7.05 Å². The minimum Gasteiger partial charge on any atom is -0.311 e. The number of nitrogens with zero attached hydrogens (tertiary/aromatic N) is 6. The maximum Gasteiger partial charge on any atom is 0.227 e. The van der Waals surface area contributed by atoms with E-state index in [-0.39, 0.29) is 0 Å². The molecule has 4 heterocycles. The molecule has 0 saturated carbocycles. The summed E-state index contributed by atoms with van der Waals surface area (Å²) in [7, 11) is 1.89. The van der Waals surface area contributed by atoms with Crippen LogP contribution in [-0.2, 0) is 13.5 Å². The summed E-state index contributed by atoms with van der Waals surface area (Å²) in [5, 5.41) is 15.7. The van der Waals surface area contributed by atoms with Crippen molar-refractivity contribution in [2.75, 3.05) is 5.32 Å². The van der Waals surface area contributed by atoms with Gasteiger partial charge in [-0.1, -0.05) is 19.8 Å². The molecule has 0 spiro atoms. The van der Waals surface area contributed by atoms with Crippen LogP contribution in [0.5, 0.6) is 0 Å². The van der Waals surface area contributed by atoms with Crippen molar-refractivity contribution in [2.45, 2.75) is 32.6 Å². The summed E-state index contributed by atoms with van der Waals surface area (Å²) in [4.78, 5) is 12.4. The highest BCUT2D eigenvalue weighted by atomic mass is 15.3. The molecule has 0 fully saturated rings. The molecule has 138 valence electrons. The molecule has 4 aromatic heterocycles. The monoisotopic (exact) mass is 362 g/mol. The summed E-state index contributed by atoms with van der Waals surface area (Å²) >= 11 is 0. The third-order valence-electron chi connectivity index (χ3n) is 4.37. The van der Waals surface area contributed by atoms with E-state index in [2.05, 4.69) is 42.5 Å². The first kappa shape index (κ1) is 17.1. The SMILES string of the molecule is CCCCCc1nnc(Nc2ccc3ncc(-c4cnn(C)c4)cc3n2)[nH]1. The van der Waals surface area contributed by atoms with E-state index in [1.165, 1.54) is 12.8 Å². The fraction of sp³-hybridized carbons (Fsp3) is 0.316. The zero-order valence-electron chi connectivity index (χ0n) is 15.5. The van der Waals surface area contributed by atoms with Crippen LogP contribution in [0.25, 0.3) is 22.2 Å². The fourth-order valence-corrected chi connectivity index (χ4v) is 2.93. The van der Waals surface area contributed by atoms with Crippen molar-refractivity contribution in [3.8, 4) is 11.1 Å². The van der Waals surface area contributed by atoms with Crippen LogP contribution in [-0.4, -0.2) is 34.9 Å². The van der Waals surface area contributed by atoms with Gasteiger partial charge in [0.1, 0.15) is 11.6 Å². The highest BCUT2D eigenvalue weighted by molar-refractivity contribution is 5.81. The van der Waals surface area contributed by atoms with Crippen molar-refractivity contribution >= 4 is 22.8 Å². The van der Waals surface area contributed by atoms with Gasteiger partial charge < -0.3 is 10.3 Å². The van der Waals surface area contributed by atoms with E-state index in [4.69, 9.17) is 0 Å². The van der Waals surface area contributed by atoms with Crippen molar-refractivity contribution in [1.29, 1.82) is 0 Å². The number of nitrogens with one attached hydrogen (secondary N) is 2. The van der Waals surface area contributed by atoms with E-state index in [9.17, 15) is 0 Å². The van der Waals surface area contributed by atoms with E-state index in [1.54, 1.807) is 4.68 Å². The number of hydrogen-bond acceptors (Lipinski definition) is 6. The van der Waals surface area contributed by atoms with Crippen LogP contribution in [0.1, 0.15) is 32.0 Å². The fourth-order valence-electron chi connectivity index (χ4n) is 2.93. The van der Waals surface area contributed by atoms with Crippen molar-refractivity contribution < 1.29 is 0 Å². The molecule has 0 aliphatic carbocycles. The van der Waals surface area contributed by atoms with Gasteiger partial charge in [-0.2, -0.15) is 5.10 Å². The highest BCUT2D eigenvalue weighted by Crippen LogP contribution is 2.23. The summed E-state index contributed by atoms with van der Waals surface area (Å²) in [5.74, 6) is 2.20. The molecule has 0 atom stereocenters. The van der Waals surface area contributed by atoms with Gasteiger partial charge in [-0.15, -0.1) is 10.2 Å². The van der Waals surface area contributed by atoms with Crippen LogP contribution in [0.2, 0.25) is 0 Å². The van der Waals surface area contributed by atoms with Gasteiger partial charge in [0.15, 0.2) is 0 Å². The zero-order valence-corrected chi connectivity index (χ0v) is 15.5. The van der Waals surface area contributed by atoms with Gasteiger partial charge in [-0.25, -0.2) is 4.98 Å². The molecule has 8 nitrogen and oxygen atoms in total. The molecular formula is C19H22N8. The third kappa shape index (κ3) is 3.94. The number of rotatable bonds is 7. The molecule has 0 radical (unpaired) electrons. The number of aromatic amines is 1. The first-order valence-electron chi connectivity index (χ1n) is 9.15. The molecule has 27 heavy (non-hydrogen) atoms. The summed E-state index contributed by atoms with van der Waals surface area (Å²) in [5.41, 5.74) is 3.65. The Morgan fingerprint density at radius 1 is 1.07 bits per heavy atom. The largest absolute Gasteiger partial charge is 0.311 e. The Kier molecular flexibility index (Phi) is 4.78.